The first-order valence-electron chi connectivity index (χ1n) is 6.08. The van der Waals surface area contributed by atoms with Gasteiger partial charge in [-0.05, 0) is 37.6 Å². The van der Waals surface area contributed by atoms with Crippen molar-refractivity contribution >= 4 is 5.78 Å². The van der Waals surface area contributed by atoms with E-state index < -0.39 is 0 Å². The van der Waals surface area contributed by atoms with E-state index in [1.807, 2.05) is 32.0 Å². The van der Waals surface area contributed by atoms with E-state index in [0.29, 0.717) is 11.3 Å². The van der Waals surface area contributed by atoms with Crippen molar-refractivity contribution < 1.29 is 9.53 Å². The number of Topliss-reactive ketones (excluding diaryl/α,β-unsaturated/α-hetero) is 1. The van der Waals surface area contributed by atoms with Crippen LogP contribution in [0.3, 0.4) is 0 Å². The van der Waals surface area contributed by atoms with Crippen molar-refractivity contribution in [3.63, 3.8) is 0 Å². The van der Waals surface area contributed by atoms with E-state index in [-0.39, 0.29) is 11.8 Å². The van der Waals surface area contributed by atoms with Gasteiger partial charge in [0.05, 0.1) is 18.7 Å². The number of carbonyl (C=O) groups excluding carboxylic acids is 1. The third kappa shape index (κ3) is 3.30. The Hall–Kier alpha value is -1.35. The summed E-state index contributed by atoms with van der Waals surface area (Å²) >= 11 is 0. The monoisotopic (exact) mass is 235 g/mol. The Morgan fingerprint density at radius 3 is 2.65 bits per heavy atom. The molecule has 0 heterocycles. The molecular formula is C14H21NO2. The molecule has 0 aliphatic heterocycles. The number of likely N-dealkylation sites (N-methyl/N-ethyl adjacent to an activating group) is 1. The average molecular weight is 235 g/mol. The second kappa shape index (κ2) is 6.40. The SMILES string of the molecule is CCNC(C)C(=O)c1cc(CC)ccc1OC. The molecular weight excluding hydrogens is 214 g/mol. The van der Waals surface area contributed by atoms with Crippen LogP contribution in [0.5, 0.6) is 5.75 Å². The van der Waals surface area contributed by atoms with Crippen LogP contribution >= 0.6 is 0 Å². The third-order valence-corrected chi connectivity index (χ3v) is 2.84. The lowest BCUT2D eigenvalue weighted by Gasteiger charge is -2.14. The molecule has 0 spiro atoms. The number of benzene rings is 1. The predicted molar refractivity (Wildman–Crippen MR) is 69.8 cm³/mol. The fourth-order valence-electron chi connectivity index (χ4n) is 1.80. The minimum atomic E-state index is -0.180. The lowest BCUT2D eigenvalue weighted by molar-refractivity contribution is 0.0949. The van der Waals surface area contributed by atoms with Gasteiger partial charge in [-0.2, -0.15) is 0 Å². The number of ether oxygens (including phenoxy) is 1. The molecule has 1 atom stereocenters. The molecule has 1 rings (SSSR count). The van der Waals surface area contributed by atoms with Crippen molar-refractivity contribution in [1.29, 1.82) is 0 Å². The summed E-state index contributed by atoms with van der Waals surface area (Å²) in [7, 11) is 1.59. The van der Waals surface area contributed by atoms with Gasteiger partial charge in [0.25, 0.3) is 0 Å². The van der Waals surface area contributed by atoms with E-state index in [1.54, 1.807) is 7.11 Å². The molecule has 0 fully saturated rings. The number of carbonyl (C=O) groups is 1. The minimum absolute atomic E-state index is 0.0824. The van der Waals surface area contributed by atoms with Crippen LogP contribution in [-0.2, 0) is 6.42 Å². The Bertz CT molecular complexity index is 388. The molecule has 17 heavy (non-hydrogen) atoms. The molecule has 3 heteroatoms. The highest BCUT2D eigenvalue weighted by atomic mass is 16.5. The maximum Gasteiger partial charge on any atom is 0.183 e. The first kappa shape index (κ1) is 13.7. The number of hydrogen-bond donors (Lipinski definition) is 1. The van der Waals surface area contributed by atoms with E-state index in [0.717, 1.165) is 18.5 Å². The smallest absolute Gasteiger partial charge is 0.183 e. The summed E-state index contributed by atoms with van der Waals surface area (Å²) in [6.45, 7) is 6.72. The lowest BCUT2D eigenvalue weighted by atomic mass is 10.0. The van der Waals surface area contributed by atoms with Crippen molar-refractivity contribution in [3.8, 4) is 5.75 Å². The van der Waals surface area contributed by atoms with Gasteiger partial charge >= 0.3 is 0 Å². The van der Waals surface area contributed by atoms with Gasteiger partial charge in [0.1, 0.15) is 5.75 Å². The highest BCUT2D eigenvalue weighted by molar-refractivity contribution is 6.02. The fourth-order valence-corrected chi connectivity index (χ4v) is 1.80. The molecule has 94 valence electrons. The Balaban J connectivity index is 3.05. The highest BCUT2D eigenvalue weighted by Gasteiger charge is 2.18. The van der Waals surface area contributed by atoms with E-state index in [1.165, 1.54) is 0 Å². The Labute approximate surface area is 103 Å². The summed E-state index contributed by atoms with van der Waals surface area (Å²) in [5.41, 5.74) is 1.82. The van der Waals surface area contributed by atoms with Gasteiger partial charge in [-0.1, -0.05) is 19.9 Å². The zero-order valence-corrected chi connectivity index (χ0v) is 11.0. The maximum atomic E-state index is 12.2. The topological polar surface area (TPSA) is 38.3 Å². The average Bonchev–Trinajstić information content (AvgIpc) is 2.37. The predicted octanol–water partition coefficient (Wildman–Crippen LogP) is 2.44. The number of ketones is 1. The first-order valence-corrected chi connectivity index (χ1v) is 6.08. The molecule has 0 radical (unpaired) electrons. The normalized spacial score (nSPS) is 12.2. The summed E-state index contributed by atoms with van der Waals surface area (Å²) in [5, 5.41) is 3.13. The Morgan fingerprint density at radius 2 is 2.12 bits per heavy atom. The number of hydrogen-bond acceptors (Lipinski definition) is 3. The first-order chi connectivity index (χ1) is 8.13. The molecule has 1 unspecified atom stereocenters. The highest BCUT2D eigenvalue weighted by Crippen LogP contribution is 2.21. The van der Waals surface area contributed by atoms with E-state index in [9.17, 15) is 4.79 Å². The molecule has 1 aromatic rings. The van der Waals surface area contributed by atoms with Crippen LogP contribution in [0.1, 0.15) is 36.7 Å². The van der Waals surface area contributed by atoms with Crippen LogP contribution < -0.4 is 10.1 Å². The molecule has 3 nitrogen and oxygen atoms in total. The van der Waals surface area contributed by atoms with Gasteiger partial charge in [0, 0.05) is 0 Å². The second-order valence-electron chi connectivity index (χ2n) is 4.03. The molecule has 0 bridgehead atoms. The molecule has 0 saturated heterocycles. The summed E-state index contributed by atoms with van der Waals surface area (Å²) in [6, 6.07) is 5.61. The summed E-state index contributed by atoms with van der Waals surface area (Å²) < 4.78 is 5.25. The van der Waals surface area contributed by atoms with Crippen molar-refractivity contribution in [2.45, 2.75) is 33.2 Å². The zero-order chi connectivity index (χ0) is 12.8. The van der Waals surface area contributed by atoms with Crippen molar-refractivity contribution in [1.82, 2.24) is 5.32 Å². The second-order valence-corrected chi connectivity index (χ2v) is 4.03. The molecule has 1 N–H and O–H groups in total. The van der Waals surface area contributed by atoms with Crippen LogP contribution in [0, 0.1) is 0 Å². The number of methoxy groups -OCH3 is 1. The van der Waals surface area contributed by atoms with Crippen molar-refractivity contribution in [2.24, 2.45) is 0 Å². The van der Waals surface area contributed by atoms with Crippen LogP contribution in [0.25, 0.3) is 0 Å². The fraction of sp³-hybridized carbons (Fsp3) is 0.500. The molecule has 0 aromatic heterocycles. The van der Waals surface area contributed by atoms with Gasteiger partial charge < -0.3 is 10.1 Å². The van der Waals surface area contributed by atoms with Gasteiger partial charge in [-0.3, -0.25) is 4.79 Å². The Kier molecular flexibility index (Phi) is 5.16. The summed E-state index contributed by atoms with van der Waals surface area (Å²) in [5.74, 6) is 0.732. The van der Waals surface area contributed by atoms with Crippen LogP contribution in [0.4, 0.5) is 0 Å². The Morgan fingerprint density at radius 1 is 1.41 bits per heavy atom. The largest absolute Gasteiger partial charge is 0.496 e. The van der Waals surface area contributed by atoms with Crippen molar-refractivity contribution in [2.75, 3.05) is 13.7 Å². The number of rotatable bonds is 6. The quantitative estimate of drug-likeness (QED) is 0.770. The number of nitrogens with one attached hydrogen (secondary N) is 1. The minimum Gasteiger partial charge on any atom is -0.496 e. The van der Waals surface area contributed by atoms with Crippen LogP contribution in [-0.4, -0.2) is 25.5 Å². The molecule has 0 saturated carbocycles. The van der Waals surface area contributed by atoms with E-state index in [4.69, 9.17) is 4.74 Å². The maximum absolute atomic E-state index is 12.2. The third-order valence-electron chi connectivity index (χ3n) is 2.84. The molecule has 0 amide bonds. The van der Waals surface area contributed by atoms with E-state index >= 15 is 0 Å². The van der Waals surface area contributed by atoms with E-state index in [2.05, 4.69) is 12.2 Å². The zero-order valence-electron chi connectivity index (χ0n) is 11.0. The number of aryl methyl sites for hydroxylation is 1. The van der Waals surface area contributed by atoms with Gasteiger partial charge in [-0.15, -0.1) is 0 Å². The van der Waals surface area contributed by atoms with Gasteiger partial charge in [0.2, 0.25) is 0 Å². The van der Waals surface area contributed by atoms with Crippen LogP contribution in [0.15, 0.2) is 18.2 Å². The van der Waals surface area contributed by atoms with Crippen LogP contribution in [0.2, 0.25) is 0 Å². The van der Waals surface area contributed by atoms with Gasteiger partial charge in [0.15, 0.2) is 5.78 Å². The summed E-state index contributed by atoms with van der Waals surface area (Å²) in [6.07, 6.45) is 0.917. The van der Waals surface area contributed by atoms with Gasteiger partial charge in [-0.25, -0.2) is 0 Å². The molecule has 0 aliphatic rings. The standard InChI is InChI=1S/C14H21NO2/c1-5-11-7-8-13(17-4)12(9-11)14(16)10(3)15-6-2/h7-10,15H,5-6H2,1-4H3. The van der Waals surface area contributed by atoms with Crippen molar-refractivity contribution in [3.05, 3.63) is 29.3 Å². The molecule has 0 aliphatic carbocycles. The summed E-state index contributed by atoms with van der Waals surface area (Å²) in [4.78, 5) is 12.2. The lowest BCUT2D eigenvalue weighted by Crippen LogP contribution is -2.33. The molecule has 1 aromatic carbocycles.